The van der Waals surface area contributed by atoms with Gasteiger partial charge in [-0.1, -0.05) is 0 Å². The van der Waals surface area contributed by atoms with Gasteiger partial charge in [0.05, 0.1) is 17.9 Å². The molecule has 0 bridgehead atoms. The molecule has 0 saturated carbocycles. The highest BCUT2D eigenvalue weighted by Gasteiger charge is 2.13. The molecule has 2 aromatic heterocycles. The number of nitrogens with zero attached hydrogens (tertiary/aromatic N) is 2. The predicted octanol–water partition coefficient (Wildman–Crippen LogP) is 1.24. The smallest absolute Gasteiger partial charge is 0.242 e. The van der Waals surface area contributed by atoms with E-state index in [1.807, 2.05) is 26.0 Å². The summed E-state index contributed by atoms with van der Waals surface area (Å²) in [5, 5.41) is 6.78. The molecule has 0 aliphatic heterocycles. The number of aromatic nitrogens is 2. The Morgan fingerprint density at radius 1 is 1.61 bits per heavy atom. The minimum absolute atomic E-state index is 0.139. The van der Waals surface area contributed by atoms with Gasteiger partial charge in [0, 0.05) is 6.20 Å². The van der Waals surface area contributed by atoms with E-state index in [0.29, 0.717) is 5.69 Å². The molecule has 1 unspecified atom stereocenters. The van der Waals surface area contributed by atoms with Crippen molar-refractivity contribution in [3.63, 3.8) is 0 Å². The van der Waals surface area contributed by atoms with Gasteiger partial charge in [-0.2, -0.15) is 5.10 Å². The molecule has 18 heavy (non-hydrogen) atoms. The van der Waals surface area contributed by atoms with E-state index in [1.165, 1.54) is 10.9 Å². The average molecular weight is 248 g/mol. The third-order valence-corrected chi connectivity index (χ3v) is 2.52. The largest absolute Gasteiger partial charge is 0.464 e. The average Bonchev–Trinajstić information content (AvgIpc) is 2.87. The van der Waals surface area contributed by atoms with E-state index in [0.717, 1.165) is 11.5 Å². The lowest BCUT2D eigenvalue weighted by Crippen LogP contribution is -2.30. The van der Waals surface area contributed by atoms with Crippen LogP contribution in [0.3, 0.4) is 0 Å². The van der Waals surface area contributed by atoms with Crippen LogP contribution >= 0.6 is 0 Å². The summed E-state index contributed by atoms with van der Waals surface area (Å²) in [6.45, 7) is 3.87. The number of aryl methyl sites for hydroxylation is 1. The molecule has 1 amide bonds. The summed E-state index contributed by atoms with van der Waals surface area (Å²) in [5.41, 5.74) is 6.06. The Kier molecular flexibility index (Phi) is 3.36. The van der Waals surface area contributed by atoms with Crippen LogP contribution in [0.15, 0.2) is 28.9 Å². The minimum Gasteiger partial charge on any atom is -0.464 e. The number of rotatable bonds is 4. The highest BCUT2D eigenvalue weighted by Crippen LogP contribution is 2.15. The van der Waals surface area contributed by atoms with E-state index in [2.05, 4.69) is 10.4 Å². The zero-order valence-electron chi connectivity index (χ0n) is 10.4. The summed E-state index contributed by atoms with van der Waals surface area (Å²) in [7, 11) is 0. The van der Waals surface area contributed by atoms with Gasteiger partial charge in [-0.15, -0.1) is 0 Å². The van der Waals surface area contributed by atoms with E-state index in [-0.39, 0.29) is 18.5 Å². The summed E-state index contributed by atoms with van der Waals surface area (Å²) in [6, 6.07) is 3.55. The third kappa shape index (κ3) is 2.91. The zero-order valence-corrected chi connectivity index (χ0v) is 10.4. The molecule has 0 saturated heterocycles. The number of nitrogens with one attached hydrogen (secondary N) is 1. The van der Waals surface area contributed by atoms with Crippen molar-refractivity contribution >= 4 is 11.6 Å². The molecule has 0 aliphatic rings. The fourth-order valence-electron chi connectivity index (χ4n) is 1.66. The number of furan rings is 1. The molecule has 2 rings (SSSR count). The van der Waals surface area contributed by atoms with Gasteiger partial charge in [0.15, 0.2) is 0 Å². The number of nitrogen functional groups attached to an aromatic ring is 1. The van der Waals surface area contributed by atoms with E-state index < -0.39 is 0 Å². The summed E-state index contributed by atoms with van der Waals surface area (Å²) in [4.78, 5) is 11.8. The van der Waals surface area contributed by atoms with Crippen LogP contribution in [0.25, 0.3) is 0 Å². The highest BCUT2D eigenvalue weighted by molar-refractivity contribution is 5.76. The maximum atomic E-state index is 11.8. The van der Waals surface area contributed by atoms with E-state index >= 15 is 0 Å². The second-order valence-corrected chi connectivity index (χ2v) is 4.21. The topological polar surface area (TPSA) is 86.1 Å². The molecule has 0 spiro atoms. The van der Waals surface area contributed by atoms with Gasteiger partial charge < -0.3 is 15.5 Å². The first kappa shape index (κ1) is 12.2. The lowest BCUT2D eigenvalue weighted by Gasteiger charge is -2.11. The monoisotopic (exact) mass is 248 g/mol. The number of carbonyl (C=O) groups excluding carboxylic acids is 1. The SMILES string of the molecule is Cc1ccc(C(C)NC(=O)Cn2cc(N)cn2)o1. The second-order valence-electron chi connectivity index (χ2n) is 4.21. The van der Waals surface area contributed by atoms with Crippen molar-refractivity contribution in [3.8, 4) is 0 Å². The van der Waals surface area contributed by atoms with Crippen LogP contribution in [-0.4, -0.2) is 15.7 Å². The Balaban J connectivity index is 1.91. The van der Waals surface area contributed by atoms with E-state index in [4.69, 9.17) is 10.2 Å². The van der Waals surface area contributed by atoms with Gasteiger partial charge in [0.25, 0.3) is 0 Å². The molecule has 0 aliphatic carbocycles. The van der Waals surface area contributed by atoms with Crippen molar-refractivity contribution in [3.05, 3.63) is 36.0 Å². The predicted molar refractivity (Wildman–Crippen MR) is 66.6 cm³/mol. The van der Waals surface area contributed by atoms with Crippen LogP contribution in [-0.2, 0) is 11.3 Å². The van der Waals surface area contributed by atoms with Gasteiger partial charge in [-0.05, 0) is 26.0 Å². The fraction of sp³-hybridized carbons (Fsp3) is 0.333. The number of anilines is 1. The molecule has 6 heteroatoms. The Morgan fingerprint density at radius 2 is 2.39 bits per heavy atom. The Hall–Kier alpha value is -2.24. The molecule has 0 aromatic carbocycles. The first-order chi connectivity index (χ1) is 8.54. The first-order valence-electron chi connectivity index (χ1n) is 5.68. The molecular formula is C12H16N4O2. The van der Waals surface area contributed by atoms with Crippen molar-refractivity contribution in [2.75, 3.05) is 5.73 Å². The van der Waals surface area contributed by atoms with Crippen LogP contribution in [0.2, 0.25) is 0 Å². The standard InChI is InChI=1S/C12H16N4O2/c1-8-3-4-11(18-8)9(2)15-12(17)7-16-6-10(13)5-14-16/h3-6,9H,7,13H2,1-2H3,(H,15,17). The molecule has 3 N–H and O–H groups in total. The number of hydrogen-bond acceptors (Lipinski definition) is 4. The first-order valence-corrected chi connectivity index (χ1v) is 5.68. The number of amides is 1. The molecule has 1 atom stereocenters. The van der Waals surface area contributed by atoms with E-state index in [1.54, 1.807) is 6.20 Å². The quantitative estimate of drug-likeness (QED) is 0.852. The van der Waals surface area contributed by atoms with Crippen LogP contribution in [0, 0.1) is 6.92 Å². The van der Waals surface area contributed by atoms with Crippen molar-refractivity contribution in [2.45, 2.75) is 26.4 Å². The Bertz CT molecular complexity index is 544. The van der Waals surface area contributed by atoms with Crippen molar-refractivity contribution in [1.82, 2.24) is 15.1 Å². The zero-order chi connectivity index (χ0) is 13.1. The molecule has 96 valence electrons. The van der Waals surface area contributed by atoms with Gasteiger partial charge in [-0.25, -0.2) is 0 Å². The maximum Gasteiger partial charge on any atom is 0.242 e. The van der Waals surface area contributed by atoms with E-state index in [9.17, 15) is 4.79 Å². The number of hydrogen-bond donors (Lipinski definition) is 2. The van der Waals surface area contributed by atoms with Crippen molar-refractivity contribution < 1.29 is 9.21 Å². The van der Waals surface area contributed by atoms with Crippen LogP contribution < -0.4 is 11.1 Å². The Labute approximate surface area is 105 Å². The summed E-state index contributed by atoms with van der Waals surface area (Å²) >= 11 is 0. The van der Waals surface area contributed by atoms with Gasteiger partial charge >= 0.3 is 0 Å². The fourth-order valence-corrected chi connectivity index (χ4v) is 1.66. The maximum absolute atomic E-state index is 11.8. The third-order valence-electron chi connectivity index (χ3n) is 2.52. The molecule has 2 heterocycles. The Morgan fingerprint density at radius 3 is 2.94 bits per heavy atom. The van der Waals surface area contributed by atoms with Gasteiger partial charge in [-0.3, -0.25) is 9.48 Å². The summed E-state index contributed by atoms with van der Waals surface area (Å²) in [5.74, 6) is 1.42. The van der Waals surface area contributed by atoms with Gasteiger partial charge in [0.2, 0.25) is 5.91 Å². The normalized spacial score (nSPS) is 12.3. The molecule has 6 nitrogen and oxygen atoms in total. The highest BCUT2D eigenvalue weighted by atomic mass is 16.3. The van der Waals surface area contributed by atoms with Crippen LogP contribution in [0.4, 0.5) is 5.69 Å². The number of carbonyl (C=O) groups is 1. The number of nitrogens with two attached hydrogens (primary N) is 1. The molecule has 0 radical (unpaired) electrons. The lowest BCUT2D eigenvalue weighted by molar-refractivity contribution is -0.122. The second kappa shape index (κ2) is 4.95. The molecule has 2 aromatic rings. The van der Waals surface area contributed by atoms with Crippen molar-refractivity contribution in [1.29, 1.82) is 0 Å². The van der Waals surface area contributed by atoms with Crippen LogP contribution in [0.5, 0.6) is 0 Å². The minimum atomic E-state index is -0.167. The lowest BCUT2D eigenvalue weighted by atomic mass is 10.2. The summed E-state index contributed by atoms with van der Waals surface area (Å²) in [6.07, 6.45) is 3.12. The summed E-state index contributed by atoms with van der Waals surface area (Å²) < 4.78 is 6.93. The van der Waals surface area contributed by atoms with Gasteiger partial charge in [0.1, 0.15) is 18.1 Å². The van der Waals surface area contributed by atoms with Crippen LogP contribution in [0.1, 0.15) is 24.5 Å². The molecular weight excluding hydrogens is 232 g/mol. The molecule has 0 fully saturated rings. The van der Waals surface area contributed by atoms with Crippen molar-refractivity contribution in [2.24, 2.45) is 0 Å².